The predicted octanol–water partition coefficient (Wildman–Crippen LogP) is -2.51. The summed E-state index contributed by atoms with van der Waals surface area (Å²) in [5, 5.41) is 55.9. The van der Waals surface area contributed by atoms with E-state index in [1.54, 1.807) is 0 Å². The largest absolute Gasteiger partial charge is 0.395 e. The molecule has 0 radical (unpaired) electrons. The summed E-state index contributed by atoms with van der Waals surface area (Å²) in [4.78, 5) is 0. The van der Waals surface area contributed by atoms with E-state index in [0.29, 0.717) is 0 Å². The summed E-state index contributed by atoms with van der Waals surface area (Å²) in [5.41, 5.74) is 0. The second-order valence-electron chi connectivity index (χ2n) is 2.97. The van der Waals surface area contributed by atoms with E-state index in [9.17, 15) is 0 Å². The van der Waals surface area contributed by atoms with Gasteiger partial charge in [-0.2, -0.15) is 0 Å². The molecule has 0 heterocycles. The topological polar surface area (TPSA) is 142 Å². The minimum Gasteiger partial charge on any atom is -0.395 e. The maximum atomic E-state index is 8.28. The molecule has 0 spiro atoms. The molecular weight excluding hydrogens is 291 g/mol. The molecule has 114 valence electrons. The zero-order valence-corrected chi connectivity index (χ0v) is 11.4. The number of rotatable bonds is 6. The fourth-order valence-corrected chi connectivity index (χ4v) is 0.262. The molecule has 0 aromatic rings. The van der Waals surface area contributed by atoms with Crippen molar-refractivity contribution >= 4 is 23.2 Å². The van der Waals surface area contributed by atoms with E-state index >= 15 is 0 Å². The summed E-state index contributed by atoms with van der Waals surface area (Å²) in [6.45, 7) is -1.29. The van der Waals surface area contributed by atoms with Gasteiger partial charge in [-0.25, -0.2) is 0 Å². The van der Waals surface area contributed by atoms with Crippen molar-refractivity contribution in [3.8, 4) is 0 Å². The lowest BCUT2D eigenvalue weighted by atomic mass is 10.4. The van der Waals surface area contributed by atoms with Crippen molar-refractivity contribution < 1.29 is 35.7 Å². The Morgan fingerprint density at radius 3 is 1.00 bits per heavy atom. The second kappa shape index (κ2) is 19.6. The van der Waals surface area contributed by atoms with Gasteiger partial charge in [-0.1, -0.05) is 0 Å². The molecule has 0 fully saturated rings. The summed E-state index contributed by atoms with van der Waals surface area (Å²) in [7, 11) is 0. The lowest BCUT2D eigenvalue weighted by Crippen LogP contribution is -2.15. The van der Waals surface area contributed by atoms with Gasteiger partial charge >= 0.3 is 0 Å². The van der Waals surface area contributed by atoms with Gasteiger partial charge in [0.25, 0.3) is 0 Å². The monoisotopic (exact) mass is 312 g/mol. The Labute approximate surface area is 116 Å². The van der Waals surface area contributed by atoms with Crippen molar-refractivity contribution in [2.45, 2.75) is 17.6 Å². The van der Waals surface area contributed by atoms with Crippen LogP contribution in [0.1, 0.15) is 0 Å². The van der Waals surface area contributed by atoms with E-state index in [-0.39, 0.29) is 38.9 Å². The molecule has 0 bridgehead atoms. The molecule has 1 unspecified atom stereocenters. The van der Waals surface area contributed by atoms with Crippen molar-refractivity contribution in [3.05, 3.63) is 0 Å². The Bertz CT molecular complexity index is 106. The van der Waals surface area contributed by atoms with Crippen LogP contribution in [0, 0.1) is 0 Å². The Hall–Kier alpha value is 0.300. The van der Waals surface area contributed by atoms with Crippen LogP contribution in [0.4, 0.5) is 0 Å². The molecule has 0 aliphatic carbocycles. The predicted molar refractivity (Wildman–Crippen MR) is 67.8 cm³/mol. The molecule has 0 aromatic carbocycles. The smallest absolute Gasteiger partial charge is 0.100 e. The van der Waals surface area contributed by atoms with E-state index in [1.807, 2.05) is 0 Å². The molecule has 0 saturated carbocycles. The van der Waals surface area contributed by atoms with Crippen molar-refractivity contribution in [3.63, 3.8) is 0 Å². The van der Waals surface area contributed by atoms with Crippen molar-refractivity contribution in [2.75, 3.05) is 38.9 Å². The van der Waals surface area contributed by atoms with E-state index in [1.165, 1.54) is 0 Å². The average Bonchev–Trinajstić information content (AvgIpc) is 2.45. The van der Waals surface area contributed by atoms with Crippen LogP contribution < -0.4 is 0 Å². The van der Waals surface area contributed by atoms with Crippen LogP contribution in [0.3, 0.4) is 0 Å². The van der Waals surface area contributed by atoms with Crippen LogP contribution in [-0.2, 0) is 0 Å². The summed E-state index contributed by atoms with van der Waals surface area (Å²) >= 11 is 10.2. The lowest BCUT2D eigenvalue weighted by molar-refractivity contribution is 0.0450. The Morgan fingerprint density at radius 1 is 0.667 bits per heavy atom. The second-order valence-corrected chi connectivity index (χ2v) is 3.90. The molecule has 0 aliphatic rings. The first-order valence-corrected chi connectivity index (χ1v) is 6.00. The van der Waals surface area contributed by atoms with Crippen LogP contribution in [0.2, 0.25) is 0 Å². The number of hydrogen-bond acceptors (Lipinski definition) is 7. The van der Waals surface area contributed by atoms with Crippen molar-refractivity contribution in [1.82, 2.24) is 0 Å². The number of hydrogen-bond donors (Lipinski definition) is 7. The summed E-state index contributed by atoms with van der Waals surface area (Å²) < 4.78 is 0. The third kappa shape index (κ3) is 25.2. The van der Waals surface area contributed by atoms with E-state index in [0.717, 1.165) is 0 Å². The maximum absolute atomic E-state index is 8.28. The number of aliphatic hydroxyl groups excluding tert-OH is 7. The molecule has 0 rings (SSSR count). The Morgan fingerprint density at radius 2 is 1.00 bits per heavy atom. The van der Waals surface area contributed by atoms with E-state index < -0.39 is 17.6 Å². The third-order valence-electron chi connectivity index (χ3n) is 1.21. The molecular formula is C9H22Cl2O7. The molecule has 0 saturated heterocycles. The van der Waals surface area contributed by atoms with Gasteiger partial charge in [0, 0.05) is 0 Å². The molecule has 1 atom stereocenters. The summed E-state index contributed by atoms with van der Waals surface area (Å²) in [5.74, 6) is 0.108. The van der Waals surface area contributed by atoms with Crippen molar-refractivity contribution in [1.29, 1.82) is 0 Å². The quantitative estimate of drug-likeness (QED) is 0.268. The molecule has 7 N–H and O–H groups in total. The van der Waals surface area contributed by atoms with Gasteiger partial charge in [-0.3, -0.25) is 0 Å². The van der Waals surface area contributed by atoms with Gasteiger partial charge in [0.05, 0.1) is 50.4 Å². The normalized spacial score (nSPS) is 11.5. The fourth-order valence-electron chi connectivity index (χ4n) is 0.164. The highest BCUT2D eigenvalue weighted by Gasteiger charge is 1.95. The lowest BCUT2D eigenvalue weighted by Gasteiger charge is -1.96. The zero-order chi connectivity index (χ0) is 15.0. The van der Waals surface area contributed by atoms with Crippen LogP contribution in [0.25, 0.3) is 0 Å². The standard InChI is InChI=1S/2C3H7ClO2.C3H8O3/c4-3(1-5)2-6;2*4-1-3(6)2-5/h2*3,5-6H,1-2H2;3-6H,1-2H2. The first kappa shape index (κ1) is 23.4. The number of aliphatic hydroxyl groups is 7. The minimum absolute atomic E-state index is 0.108. The molecule has 7 nitrogen and oxygen atoms in total. The minimum atomic E-state index is -0.954. The van der Waals surface area contributed by atoms with E-state index in [4.69, 9.17) is 58.9 Å². The molecule has 0 aliphatic heterocycles. The summed E-state index contributed by atoms with van der Waals surface area (Å²) in [6.07, 6.45) is -1.70. The highest BCUT2D eigenvalue weighted by Crippen LogP contribution is 1.88. The number of alkyl halides is 2. The summed E-state index contributed by atoms with van der Waals surface area (Å²) in [6, 6.07) is 0. The first-order valence-electron chi connectivity index (χ1n) is 5.03. The zero-order valence-electron chi connectivity index (χ0n) is 9.86. The highest BCUT2D eigenvalue weighted by atomic mass is 35.5. The molecule has 9 heteroatoms. The van der Waals surface area contributed by atoms with Crippen LogP contribution in [0.5, 0.6) is 0 Å². The third-order valence-corrected chi connectivity index (χ3v) is 1.84. The number of halogens is 2. The fraction of sp³-hybridized carbons (Fsp3) is 1.00. The molecule has 0 amide bonds. The van der Waals surface area contributed by atoms with Crippen LogP contribution in [0.15, 0.2) is 0 Å². The van der Waals surface area contributed by atoms with Crippen LogP contribution in [-0.4, -0.2) is 92.2 Å². The molecule has 0 aromatic heterocycles. The maximum Gasteiger partial charge on any atom is 0.100 e. The van der Waals surface area contributed by atoms with Crippen molar-refractivity contribution in [2.24, 2.45) is 0 Å². The Balaban J connectivity index is -0.000000187. The van der Waals surface area contributed by atoms with Gasteiger partial charge in [-0.15, -0.1) is 23.2 Å². The first-order chi connectivity index (χ1) is 8.42. The van der Waals surface area contributed by atoms with Crippen LogP contribution >= 0.6 is 23.2 Å². The van der Waals surface area contributed by atoms with Gasteiger partial charge < -0.3 is 35.7 Å². The molecule has 18 heavy (non-hydrogen) atoms. The van der Waals surface area contributed by atoms with Gasteiger partial charge in [0.15, 0.2) is 0 Å². The van der Waals surface area contributed by atoms with E-state index in [2.05, 4.69) is 0 Å². The Kier molecular flexibility index (Phi) is 25.5. The van der Waals surface area contributed by atoms with Gasteiger partial charge in [0.1, 0.15) is 6.10 Å². The highest BCUT2D eigenvalue weighted by molar-refractivity contribution is 6.20. The SMILES string of the molecule is OCC(Cl)CO.OCC(O)CCl.OCC(O)CO. The van der Waals surface area contributed by atoms with Gasteiger partial charge in [0.2, 0.25) is 0 Å². The van der Waals surface area contributed by atoms with Gasteiger partial charge in [-0.05, 0) is 0 Å². The average molecular weight is 313 g/mol.